The van der Waals surface area contributed by atoms with E-state index in [0.717, 1.165) is 5.56 Å². The molecule has 0 saturated heterocycles. The first-order valence-corrected chi connectivity index (χ1v) is 8.85. The predicted octanol–water partition coefficient (Wildman–Crippen LogP) is 1.87. The van der Waals surface area contributed by atoms with Crippen molar-refractivity contribution in [1.82, 2.24) is 15.6 Å². The molecule has 2 rings (SSSR count). The smallest absolute Gasteiger partial charge is 0.254 e. The highest BCUT2D eigenvalue weighted by molar-refractivity contribution is 8.00. The number of aromatic nitrogens is 1. The highest BCUT2D eigenvalue weighted by atomic mass is 32.2. The van der Waals surface area contributed by atoms with Crippen LogP contribution in [0.4, 0.5) is 0 Å². The molecule has 6 nitrogen and oxygen atoms in total. The molecule has 2 aromatic rings. The maximum atomic E-state index is 12.2. The molecule has 0 aliphatic carbocycles. The average molecular weight is 359 g/mol. The van der Waals surface area contributed by atoms with Crippen LogP contribution in [0.15, 0.2) is 53.7 Å². The number of hydrogen-bond donors (Lipinski definition) is 2. The quantitative estimate of drug-likeness (QED) is 0.528. The predicted molar refractivity (Wildman–Crippen MR) is 97.5 cm³/mol. The average Bonchev–Trinajstić information content (AvgIpc) is 2.66. The van der Waals surface area contributed by atoms with Crippen LogP contribution >= 0.6 is 11.8 Å². The van der Waals surface area contributed by atoms with E-state index in [0.29, 0.717) is 30.3 Å². The lowest BCUT2D eigenvalue weighted by molar-refractivity contribution is -0.118. The van der Waals surface area contributed by atoms with Gasteiger partial charge in [-0.05, 0) is 17.7 Å². The van der Waals surface area contributed by atoms with Crippen LogP contribution in [0.25, 0.3) is 0 Å². The van der Waals surface area contributed by atoms with Gasteiger partial charge in [0.1, 0.15) is 5.03 Å². The highest BCUT2D eigenvalue weighted by Gasteiger charge is 2.13. The van der Waals surface area contributed by atoms with Gasteiger partial charge in [0.15, 0.2) is 0 Å². The number of carbonyl (C=O) groups is 2. The third-order valence-electron chi connectivity index (χ3n) is 3.28. The van der Waals surface area contributed by atoms with Crippen LogP contribution < -0.4 is 10.6 Å². The molecule has 1 aromatic carbocycles. The van der Waals surface area contributed by atoms with Crippen LogP contribution in [0, 0.1) is 0 Å². The van der Waals surface area contributed by atoms with Gasteiger partial charge in [0.05, 0.1) is 17.9 Å². The van der Waals surface area contributed by atoms with Crippen molar-refractivity contribution in [2.45, 2.75) is 11.6 Å². The Morgan fingerprint density at radius 3 is 2.68 bits per heavy atom. The lowest BCUT2D eigenvalue weighted by atomic mass is 10.2. The second-order valence-corrected chi connectivity index (χ2v) is 6.12. The zero-order chi connectivity index (χ0) is 17.9. The number of carbonyl (C=O) groups excluding carboxylic acids is 2. The Kier molecular flexibility index (Phi) is 7.94. The first kappa shape index (κ1) is 19.0. The molecular weight excluding hydrogens is 338 g/mol. The minimum atomic E-state index is -0.225. The standard InChI is InChI=1S/C18H21N3O3S/c1-24-11-10-19-17(23)15-8-5-9-20-18(15)25-13-16(22)21-12-14-6-3-2-4-7-14/h2-9H,10-13H2,1H3,(H,19,23)(H,21,22). The van der Waals surface area contributed by atoms with Crippen LogP contribution in [0.2, 0.25) is 0 Å². The third kappa shape index (κ3) is 6.56. The number of amides is 2. The Labute approximate surface area is 151 Å². The van der Waals surface area contributed by atoms with Gasteiger partial charge in [0, 0.05) is 26.4 Å². The minimum absolute atomic E-state index is 0.106. The van der Waals surface area contributed by atoms with E-state index in [1.165, 1.54) is 11.8 Å². The van der Waals surface area contributed by atoms with Crippen molar-refractivity contribution >= 4 is 23.6 Å². The van der Waals surface area contributed by atoms with Crippen molar-refractivity contribution in [3.05, 3.63) is 59.8 Å². The van der Waals surface area contributed by atoms with E-state index in [2.05, 4.69) is 15.6 Å². The lowest BCUT2D eigenvalue weighted by Crippen LogP contribution is -2.28. The van der Waals surface area contributed by atoms with Crippen LogP contribution in [0.1, 0.15) is 15.9 Å². The maximum absolute atomic E-state index is 12.2. The summed E-state index contributed by atoms with van der Waals surface area (Å²) in [4.78, 5) is 28.4. The second-order valence-electron chi connectivity index (χ2n) is 5.16. The zero-order valence-electron chi connectivity index (χ0n) is 14.0. The molecule has 0 aliphatic heterocycles. The number of nitrogens with zero attached hydrogens (tertiary/aromatic N) is 1. The molecule has 2 amide bonds. The van der Waals surface area contributed by atoms with Crippen molar-refractivity contribution in [3.8, 4) is 0 Å². The molecule has 0 saturated carbocycles. The number of ether oxygens (including phenoxy) is 1. The third-order valence-corrected chi connectivity index (χ3v) is 4.29. The van der Waals surface area contributed by atoms with Gasteiger partial charge >= 0.3 is 0 Å². The van der Waals surface area contributed by atoms with E-state index >= 15 is 0 Å². The Morgan fingerprint density at radius 1 is 1.12 bits per heavy atom. The number of methoxy groups -OCH3 is 1. The molecule has 7 heteroatoms. The van der Waals surface area contributed by atoms with Gasteiger partial charge in [-0.1, -0.05) is 42.1 Å². The summed E-state index contributed by atoms with van der Waals surface area (Å²) in [5.41, 5.74) is 1.50. The van der Waals surface area contributed by atoms with Crippen molar-refractivity contribution < 1.29 is 14.3 Å². The molecule has 0 fully saturated rings. The first-order chi connectivity index (χ1) is 12.2. The van der Waals surface area contributed by atoms with E-state index < -0.39 is 0 Å². The summed E-state index contributed by atoms with van der Waals surface area (Å²) in [7, 11) is 1.57. The van der Waals surface area contributed by atoms with Gasteiger partial charge < -0.3 is 15.4 Å². The van der Waals surface area contributed by atoms with E-state index in [4.69, 9.17) is 4.74 Å². The molecule has 132 valence electrons. The maximum Gasteiger partial charge on any atom is 0.254 e. The fourth-order valence-electron chi connectivity index (χ4n) is 2.02. The SMILES string of the molecule is COCCNC(=O)c1cccnc1SCC(=O)NCc1ccccc1. The van der Waals surface area contributed by atoms with E-state index in [9.17, 15) is 9.59 Å². The summed E-state index contributed by atoms with van der Waals surface area (Å²) < 4.78 is 4.91. The number of benzene rings is 1. The molecule has 0 radical (unpaired) electrons. The number of thioether (sulfide) groups is 1. The molecule has 0 atom stereocenters. The summed E-state index contributed by atoms with van der Waals surface area (Å²) in [5, 5.41) is 6.15. The lowest BCUT2D eigenvalue weighted by Gasteiger charge is -2.09. The van der Waals surface area contributed by atoms with E-state index in [1.54, 1.807) is 25.4 Å². The van der Waals surface area contributed by atoms with Gasteiger partial charge in [-0.25, -0.2) is 4.98 Å². The molecule has 25 heavy (non-hydrogen) atoms. The Hall–Kier alpha value is -2.38. The van der Waals surface area contributed by atoms with Gasteiger partial charge in [0.25, 0.3) is 5.91 Å². The highest BCUT2D eigenvalue weighted by Crippen LogP contribution is 2.19. The number of nitrogens with one attached hydrogen (secondary N) is 2. The zero-order valence-corrected chi connectivity index (χ0v) is 14.8. The van der Waals surface area contributed by atoms with Crippen LogP contribution in [0.3, 0.4) is 0 Å². The number of hydrogen-bond acceptors (Lipinski definition) is 5. The van der Waals surface area contributed by atoms with E-state index in [-0.39, 0.29) is 17.6 Å². The van der Waals surface area contributed by atoms with Crippen LogP contribution in [0.5, 0.6) is 0 Å². The molecule has 0 bridgehead atoms. The molecule has 0 aliphatic rings. The first-order valence-electron chi connectivity index (χ1n) is 7.86. The van der Waals surface area contributed by atoms with Crippen LogP contribution in [-0.2, 0) is 16.1 Å². The Balaban J connectivity index is 1.85. The van der Waals surface area contributed by atoms with Gasteiger partial charge in [-0.15, -0.1) is 0 Å². The summed E-state index contributed by atoms with van der Waals surface area (Å²) in [6, 6.07) is 13.1. The Bertz CT molecular complexity index is 695. The molecule has 2 N–H and O–H groups in total. The largest absolute Gasteiger partial charge is 0.383 e. The van der Waals surface area contributed by atoms with Crippen molar-refractivity contribution in [3.63, 3.8) is 0 Å². The molecule has 1 heterocycles. The van der Waals surface area contributed by atoms with Crippen molar-refractivity contribution in [2.75, 3.05) is 26.0 Å². The van der Waals surface area contributed by atoms with Gasteiger partial charge in [0.2, 0.25) is 5.91 Å². The van der Waals surface area contributed by atoms with Gasteiger partial charge in [-0.2, -0.15) is 0 Å². The fraction of sp³-hybridized carbons (Fsp3) is 0.278. The van der Waals surface area contributed by atoms with E-state index in [1.807, 2.05) is 30.3 Å². The van der Waals surface area contributed by atoms with Crippen molar-refractivity contribution in [1.29, 1.82) is 0 Å². The van der Waals surface area contributed by atoms with Crippen LogP contribution in [-0.4, -0.2) is 42.8 Å². The fourth-order valence-corrected chi connectivity index (χ4v) is 2.84. The monoisotopic (exact) mass is 359 g/mol. The normalized spacial score (nSPS) is 10.3. The van der Waals surface area contributed by atoms with Crippen molar-refractivity contribution in [2.24, 2.45) is 0 Å². The van der Waals surface area contributed by atoms with Gasteiger partial charge in [-0.3, -0.25) is 9.59 Å². The second kappa shape index (κ2) is 10.5. The molecule has 1 aromatic heterocycles. The molecular formula is C18H21N3O3S. The molecule has 0 spiro atoms. The molecule has 0 unspecified atom stereocenters. The summed E-state index contributed by atoms with van der Waals surface area (Å²) >= 11 is 1.24. The number of rotatable bonds is 9. The minimum Gasteiger partial charge on any atom is -0.383 e. The summed E-state index contributed by atoms with van der Waals surface area (Å²) in [5.74, 6) is -0.134. The summed E-state index contributed by atoms with van der Waals surface area (Å²) in [6.45, 7) is 1.34. The summed E-state index contributed by atoms with van der Waals surface area (Å²) in [6.07, 6.45) is 1.61. The number of pyridine rings is 1. The topological polar surface area (TPSA) is 80.3 Å². The Morgan fingerprint density at radius 2 is 1.92 bits per heavy atom.